The van der Waals surface area contributed by atoms with Gasteiger partial charge in [-0.15, -0.1) is 0 Å². The number of fused-ring (bicyclic) bond motifs is 1. The summed E-state index contributed by atoms with van der Waals surface area (Å²) in [5.74, 6) is -1.64. The summed E-state index contributed by atoms with van der Waals surface area (Å²) in [7, 11) is 0. The molecule has 8 nitrogen and oxygen atoms in total. The first kappa shape index (κ1) is 24.5. The first-order chi connectivity index (χ1) is 17.9. The van der Waals surface area contributed by atoms with Gasteiger partial charge in [0.2, 0.25) is 5.88 Å². The number of rotatable bonds is 6. The van der Waals surface area contributed by atoms with E-state index in [0.717, 1.165) is 49.3 Å². The van der Waals surface area contributed by atoms with E-state index in [9.17, 15) is 0 Å². The van der Waals surface area contributed by atoms with Crippen LogP contribution >= 0.6 is 0 Å². The minimum atomic E-state index is -0.716. The third kappa shape index (κ3) is 4.66. The van der Waals surface area contributed by atoms with Gasteiger partial charge in [-0.25, -0.2) is 23.6 Å². The molecule has 2 N–H and O–H groups in total. The molecule has 0 bridgehead atoms. The Labute approximate surface area is 213 Å². The summed E-state index contributed by atoms with van der Waals surface area (Å²) in [5, 5.41) is 6.56. The maximum atomic E-state index is 15.4. The van der Waals surface area contributed by atoms with Gasteiger partial charge in [-0.1, -0.05) is 0 Å². The molecule has 0 amide bonds. The molecule has 2 aromatic heterocycles. The molecule has 1 saturated heterocycles. The van der Waals surface area contributed by atoms with Crippen LogP contribution in [0.15, 0.2) is 42.7 Å². The van der Waals surface area contributed by atoms with Gasteiger partial charge in [-0.05, 0) is 51.1 Å². The summed E-state index contributed by atoms with van der Waals surface area (Å²) >= 11 is 0. The van der Waals surface area contributed by atoms with Crippen LogP contribution in [0.5, 0.6) is 11.6 Å². The van der Waals surface area contributed by atoms with E-state index in [1.165, 1.54) is 6.33 Å². The molecule has 0 atom stereocenters. The molecule has 1 aliphatic rings. The summed E-state index contributed by atoms with van der Waals surface area (Å²) in [5.41, 5.74) is 2.70. The Hall–Kier alpha value is -4.23. The zero-order valence-corrected chi connectivity index (χ0v) is 20.8. The van der Waals surface area contributed by atoms with E-state index in [-0.39, 0.29) is 40.1 Å². The number of nitrogens with zero attached hydrogens (tertiary/aromatic N) is 5. The predicted molar refractivity (Wildman–Crippen MR) is 140 cm³/mol. The highest BCUT2D eigenvalue weighted by Gasteiger charge is 2.22. The third-order valence-electron chi connectivity index (χ3n) is 6.40. The van der Waals surface area contributed by atoms with Crippen molar-refractivity contribution in [1.29, 1.82) is 0 Å². The first-order valence-corrected chi connectivity index (χ1v) is 12.1. The minimum absolute atomic E-state index is 0.0375. The summed E-state index contributed by atoms with van der Waals surface area (Å²) in [4.78, 5) is 14.0. The normalized spacial score (nSPS) is 13.7. The van der Waals surface area contributed by atoms with Gasteiger partial charge in [0, 0.05) is 60.7 Å². The standard InChI is InChI=1S/C27H27F2N7O/c1-16(2)36-17(3)13-20-23(29)22(14-21(28)25(20)36)37-27-24(30-4)26(32-15-33-27)34-18-5-7-19(8-6-18)35-11-9-31-10-12-35/h5-8,13-16,31H,9-12H2,1-3H3,(H,32,33,34). The number of hydrogen-bond acceptors (Lipinski definition) is 6. The van der Waals surface area contributed by atoms with Crippen molar-refractivity contribution in [2.45, 2.75) is 26.8 Å². The van der Waals surface area contributed by atoms with Gasteiger partial charge in [-0.3, -0.25) is 0 Å². The van der Waals surface area contributed by atoms with Crippen molar-refractivity contribution in [2.24, 2.45) is 0 Å². The molecule has 0 unspecified atom stereocenters. The Morgan fingerprint density at radius 1 is 1.11 bits per heavy atom. The second-order valence-electron chi connectivity index (χ2n) is 9.18. The Balaban J connectivity index is 1.43. The zero-order valence-electron chi connectivity index (χ0n) is 20.8. The van der Waals surface area contributed by atoms with Gasteiger partial charge in [-0.2, -0.15) is 0 Å². The Morgan fingerprint density at radius 3 is 2.51 bits per heavy atom. The topological polar surface area (TPSA) is 71.6 Å². The molecule has 10 heteroatoms. The van der Waals surface area contributed by atoms with Crippen LogP contribution in [0.1, 0.15) is 25.6 Å². The highest BCUT2D eigenvalue weighted by atomic mass is 19.1. The molecule has 0 radical (unpaired) electrons. The van der Waals surface area contributed by atoms with E-state index in [0.29, 0.717) is 0 Å². The third-order valence-corrected chi connectivity index (χ3v) is 6.40. The van der Waals surface area contributed by atoms with Gasteiger partial charge in [0.05, 0.1) is 12.1 Å². The molecular weight excluding hydrogens is 476 g/mol. The molecule has 1 fully saturated rings. The van der Waals surface area contributed by atoms with Crippen LogP contribution in [-0.4, -0.2) is 40.7 Å². The van der Waals surface area contributed by atoms with Crippen molar-refractivity contribution in [2.75, 3.05) is 36.4 Å². The Kier molecular flexibility index (Phi) is 6.63. The van der Waals surface area contributed by atoms with Crippen LogP contribution in [0.4, 0.5) is 31.7 Å². The number of hydrogen-bond donors (Lipinski definition) is 2. The number of aryl methyl sites for hydroxylation is 1. The average molecular weight is 504 g/mol. The zero-order chi connectivity index (χ0) is 26.1. The van der Waals surface area contributed by atoms with E-state index >= 15 is 8.78 Å². The molecule has 2 aromatic carbocycles. The molecule has 5 rings (SSSR count). The van der Waals surface area contributed by atoms with E-state index in [2.05, 4.69) is 30.3 Å². The van der Waals surface area contributed by atoms with Crippen LogP contribution in [0.2, 0.25) is 0 Å². The summed E-state index contributed by atoms with van der Waals surface area (Å²) in [6.45, 7) is 17.0. The van der Waals surface area contributed by atoms with Crippen LogP contribution in [0.25, 0.3) is 15.7 Å². The van der Waals surface area contributed by atoms with Crippen molar-refractivity contribution < 1.29 is 13.5 Å². The maximum absolute atomic E-state index is 15.4. The lowest BCUT2D eigenvalue weighted by molar-refractivity contribution is 0.428. The first-order valence-electron chi connectivity index (χ1n) is 12.1. The molecule has 37 heavy (non-hydrogen) atoms. The van der Waals surface area contributed by atoms with E-state index in [1.54, 1.807) is 17.6 Å². The van der Waals surface area contributed by atoms with Crippen LogP contribution in [-0.2, 0) is 0 Å². The fraction of sp³-hybridized carbons (Fsp3) is 0.296. The van der Waals surface area contributed by atoms with Crippen molar-refractivity contribution in [1.82, 2.24) is 19.9 Å². The van der Waals surface area contributed by atoms with Crippen LogP contribution < -0.4 is 20.3 Å². The number of piperazine rings is 1. The van der Waals surface area contributed by atoms with Gasteiger partial charge in [0.1, 0.15) is 12.1 Å². The maximum Gasteiger partial charge on any atom is 0.288 e. The highest BCUT2D eigenvalue weighted by molar-refractivity contribution is 5.85. The molecule has 0 aliphatic carbocycles. The Morgan fingerprint density at radius 2 is 1.84 bits per heavy atom. The van der Waals surface area contributed by atoms with E-state index in [4.69, 9.17) is 11.3 Å². The van der Waals surface area contributed by atoms with Crippen LogP contribution in [0, 0.1) is 25.1 Å². The van der Waals surface area contributed by atoms with Crippen molar-refractivity contribution in [3.05, 3.63) is 71.5 Å². The Bertz CT molecular complexity index is 1490. The molecule has 0 spiro atoms. The van der Waals surface area contributed by atoms with Gasteiger partial charge >= 0.3 is 0 Å². The monoisotopic (exact) mass is 503 g/mol. The number of anilines is 3. The number of ether oxygens (including phenoxy) is 1. The van der Waals surface area contributed by atoms with Gasteiger partial charge < -0.3 is 24.8 Å². The smallest absolute Gasteiger partial charge is 0.288 e. The minimum Gasteiger partial charge on any atom is -0.446 e. The molecule has 1 aliphatic heterocycles. The molecular formula is C27H27F2N7O. The van der Waals surface area contributed by atoms with Crippen molar-refractivity contribution >= 4 is 33.8 Å². The second-order valence-corrected chi connectivity index (χ2v) is 9.18. The number of benzene rings is 2. The largest absolute Gasteiger partial charge is 0.446 e. The predicted octanol–water partition coefficient (Wildman–Crippen LogP) is 6.10. The molecule has 0 saturated carbocycles. The van der Waals surface area contributed by atoms with E-state index < -0.39 is 11.6 Å². The molecule has 190 valence electrons. The summed E-state index contributed by atoms with van der Waals surface area (Å²) in [6.07, 6.45) is 1.22. The number of halogens is 2. The molecule has 3 heterocycles. The van der Waals surface area contributed by atoms with Crippen LogP contribution in [0.3, 0.4) is 0 Å². The van der Waals surface area contributed by atoms with E-state index in [1.807, 2.05) is 38.1 Å². The summed E-state index contributed by atoms with van der Waals surface area (Å²) < 4.78 is 37.9. The fourth-order valence-corrected chi connectivity index (χ4v) is 4.73. The van der Waals surface area contributed by atoms with Gasteiger partial charge in [0.25, 0.3) is 5.69 Å². The lowest BCUT2D eigenvalue weighted by Gasteiger charge is -2.29. The number of nitrogens with one attached hydrogen (secondary N) is 2. The van der Waals surface area contributed by atoms with Gasteiger partial charge in [0.15, 0.2) is 17.4 Å². The van der Waals surface area contributed by atoms with Crippen molar-refractivity contribution in [3.8, 4) is 11.6 Å². The SMILES string of the molecule is [C-]#[N+]c1c(Nc2ccc(N3CCNCC3)cc2)ncnc1Oc1cc(F)c2c(cc(C)n2C(C)C)c1F. The average Bonchev–Trinajstić information content (AvgIpc) is 3.26. The van der Waals surface area contributed by atoms with Crippen molar-refractivity contribution in [3.63, 3.8) is 0 Å². The highest BCUT2D eigenvalue weighted by Crippen LogP contribution is 2.40. The fourth-order valence-electron chi connectivity index (χ4n) is 4.73. The lowest BCUT2D eigenvalue weighted by Crippen LogP contribution is -2.43. The molecule has 4 aromatic rings. The lowest BCUT2D eigenvalue weighted by atomic mass is 10.2. The summed E-state index contributed by atoms with van der Waals surface area (Å²) in [6, 6.07) is 10.3. The second kappa shape index (κ2) is 10.0. The number of aromatic nitrogens is 3. The quantitative estimate of drug-likeness (QED) is 0.310.